The van der Waals surface area contributed by atoms with Crippen molar-refractivity contribution in [3.05, 3.63) is 23.3 Å². The number of nitrogens with zero attached hydrogens (tertiary/aromatic N) is 2. The van der Waals surface area contributed by atoms with E-state index in [9.17, 15) is 17.1 Å². The Morgan fingerprint density at radius 3 is 2.09 bits per heavy atom. The first-order chi connectivity index (χ1) is 15.4. The van der Waals surface area contributed by atoms with Crippen LogP contribution in [0.15, 0.2) is 17.0 Å². The molecule has 0 aromatic heterocycles. The number of carbonyl (C=O) groups is 1. The molecule has 1 aromatic rings. The third-order valence-electron chi connectivity index (χ3n) is 6.74. The Kier molecular flexibility index (Phi) is 7.18. The average molecular weight is 498 g/mol. The molecule has 0 unspecified atom stereocenters. The van der Waals surface area contributed by atoms with Gasteiger partial charge in [0.2, 0.25) is 0 Å². The highest BCUT2D eigenvalue weighted by Crippen LogP contribution is 2.37. The zero-order valence-corrected chi connectivity index (χ0v) is 22.2. The molecule has 0 saturated carbocycles. The first kappa shape index (κ1) is 26.9. The van der Waals surface area contributed by atoms with Crippen LogP contribution in [0.25, 0.3) is 0 Å². The van der Waals surface area contributed by atoms with E-state index in [-0.39, 0.29) is 6.09 Å². The molecule has 1 amide bonds. The van der Waals surface area contributed by atoms with E-state index in [0.717, 1.165) is 5.56 Å². The van der Waals surface area contributed by atoms with E-state index < -0.39 is 39.0 Å². The second-order valence-corrected chi connectivity index (χ2v) is 12.4. The van der Waals surface area contributed by atoms with Crippen LogP contribution in [0.4, 0.5) is 8.68 Å². The molecule has 0 radical (unpaired) electrons. The molecule has 3 rings (SSSR count). The summed E-state index contributed by atoms with van der Waals surface area (Å²) in [5.41, 5.74) is 0.169. The number of benzene rings is 1. The van der Waals surface area contributed by atoms with Gasteiger partial charge in [0.25, 0.3) is 0 Å². The summed E-state index contributed by atoms with van der Waals surface area (Å²) in [6.07, 6.45) is -0.350. The standard InChI is InChI=1S/C23H36BFN2O6S/c1-16-17(15-26-9-11-27(12-10-26)20(28)31-21(2,3)4)13-18(34(25,29)30)14-19(16)24-32-22(5,6)23(7,8)33-24/h13-14H,9-12,15H2,1-8H3. The lowest BCUT2D eigenvalue weighted by molar-refractivity contribution is 0.00578. The van der Waals surface area contributed by atoms with Crippen molar-refractivity contribution in [2.24, 2.45) is 0 Å². The number of carbonyl (C=O) groups excluding carboxylic acids is 1. The molecular formula is C23H36BFN2O6S. The van der Waals surface area contributed by atoms with Gasteiger partial charge in [0, 0.05) is 32.7 Å². The predicted molar refractivity (Wildman–Crippen MR) is 128 cm³/mol. The van der Waals surface area contributed by atoms with E-state index in [1.54, 1.807) is 4.90 Å². The quantitative estimate of drug-likeness (QED) is 0.466. The molecule has 0 bridgehead atoms. The Hall–Kier alpha value is -1.69. The Bertz CT molecular complexity index is 1030. The minimum absolute atomic E-state index is 0.350. The molecule has 2 fully saturated rings. The highest BCUT2D eigenvalue weighted by atomic mass is 32.3. The molecule has 0 aliphatic carbocycles. The molecule has 0 atom stereocenters. The van der Waals surface area contributed by atoms with Crippen LogP contribution in [-0.2, 0) is 30.8 Å². The molecule has 11 heteroatoms. The third kappa shape index (κ3) is 5.92. The third-order valence-corrected chi connectivity index (χ3v) is 7.53. The summed E-state index contributed by atoms with van der Waals surface area (Å²) < 4.78 is 55.4. The van der Waals surface area contributed by atoms with Gasteiger partial charge in [-0.1, -0.05) is 0 Å². The van der Waals surface area contributed by atoms with Gasteiger partial charge in [0.1, 0.15) is 5.60 Å². The van der Waals surface area contributed by atoms with Crippen LogP contribution in [0.1, 0.15) is 59.6 Å². The van der Waals surface area contributed by atoms with Crippen LogP contribution in [0.2, 0.25) is 0 Å². The van der Waals surface area contributed by atoms with Gasteiger partial charge >= 0.3 is 23.4 Å². The lowest BCUT2D eigenvalue weighted by Gasteiger charge is -2.36. The number of hydrogen-bond donors (Lipinski definition) is 0. The van der Waals surface area contributed by atoms with Crippen molar-refractivity contribution in [1.29, 1.82) is 0 Å². The van der Waals surface area contributed by atoms with Crippen LogP contribution in [0.3, 0.4) is 0 Å². The molecule has 0 spiro atoms. The summed E-state index contributed by atoms with van der Waals surface area (Å²) in [5.74, 6) is 0. The summed E-state index contributed by atoms with van der Waals surface area (Å²) in [4.78, 5) is 15.7. The van der Waals surface area contributed by atoms with E-state index in [2.05, 4.69) is 4.90 Å². The Balaban J connectivity index is 1.82. The maximum Gasteiger partial charge on any atom is 0.495 e. The number of hydrogen-bond acceptors (Lipinski definition) is 7. The fraction of sp³-hybridized carbons (Fsp3) is 0.696. The molecule has 2 aliphatic rings. The second-order valence-electron chi connectivity index (χ2n) is 11.1. The SMILES string of the molecule is Cc1c(CN2CCN(C(=O)OC(C)(C)C)CC2)cc(S(=O)(=O)F)cc1B1OC(C)(C)C(C)(C)O1. The predicted octanol–water partition coefficient (Wildman–Crippen LogP) is 3.01. The summed E-state index contributed by atoms with van der Waals surface area (Å²) in [6, 6.07) is 2.68. The van der Waals surface area contributed by atoms with Gasteiger partial charge in [0.15, 0.2) is 0 Å². The topological polar surface area (TPSA) is 85.4 Å². The number of ether oxygens (including phenoxy) is 1. The van der Waals surface area contributed by atoms with Crippen molar-refractivity contribution in [3.63, 3.8) is 0 Å². The van der Waals surface area contributed by atoms with Crippen LogP contribution < -0.4 is 5.46 Å². The Morgan fingerprint density at radius 1 is 1.09 bits per heavy atom. The van der Waals surface area contributed by atoms with Gasteiger partial charge in [-0.25, -0.2) is 4.79 Å². The molecule has 2 saturated heterocycles. The van der Waals surface area contributed by atoms with E-state index in [1.807, 2.05) is 55.4 Å². The molecule has 8 nitrogen and oxygen atoms in total. The van der Waals surface area contributed by atoms with Gasteiger partial charge in [-0.3, -0.25) is 4.90 Å². The van der Waals surface area contributed by atoms with Gasteiger partial charge in [-0.2, -0.15) is 8.42 Å². The zero-order chi connectivity index (χ0) is 25.7. The zero-order valence-electron chi connectivity index (χ0n) is 21.4. The van der Waals surface area contributed by atoms with E-state index in [4.69, 9.17) is 14.0 Å². The maximum absolute atomic E-state index is 14.1. The fourth-order valence-corrected chi connectivity index (χ4v) is 4.50. The fourth-order valence-electron chi connectivity index (χ4n) is 3.94. The molecule has 0 N–H and O–H groups in total. The smallest absolute Gasteiger partial charge is 0.444 e. The summed E-state index contributed by atoms with van der Waals surface area (Å²) in [5, 5.41) is 0. The van der Waals surface area contributed by atoms with Crippen molar-refractivity contribution in [3.8, 4) is 0 Å². The second kappa shape index (κ2) is 9.07. The molecule has 1 aromatic carbocycles. The highest BCUT2D eigenvalue weighted by Gasteiger charge is 2.52. The number of rotatable bonds is 4. The van der Waals surface area contributed by atoms with Crippen molar-refractivity contribution in [2.45, 2.75) is 83.6 Å². The van der Waals surface area contributed by atoms with Crippen molar-refractivity contribution < 1.29 is 31.1 Å². The summed E-state index contributed by atoms with van der Waals surface area (Å²) >= 11 is 0. The van der Waals surface area contributed by atoms with Crippen molar-refractivity contribution >= 4 is 28.9 Å². The van der Waals surface area contributed by atoms with Crippen molar-refractivity contribution in [2.75, 3.05) is 26.2 Å². The van der Waals surface area contributed by atoms with E-state index in [0.29, 0.717) is 43.8 Å². The normalized spacial score (nSPS) is 21.1. The van der Waals surface area contributed by atoms with E-state index in [1.165, 1.54) is 12.1 Å². The largest absolute Gasteiger partial charge is 0.495 e. The van der Waals surface area contributed by atoms with E-state index >= 15 is 0 Å². The highest BCUT2D eigenvalue weighted by molar-refractivity contribution is 7.86. The molecule has 190 valence electrons. The Morgan fingerprint density at radius 2 is 1.62 bits per heavy atom. The van der Waals surface area contributed by atoms with Gasteiger partial charge in [-0.15, -0.1) is 3.89 Å². The summed E-state index contributed by atoms with van der Waals surface area (Å²) in [6.45, 7) is 17.5. The molecular weight excluding hydrogens is 462 g/mol. The maximum atomic E-state index is 14.1. The van der Waals surface area contributed by atoms with Gasteiger partial charge in [0.05, 0.1) is 16.1 Å². The summed E-state index contributed by atoms with van der Waals surface area (Å²) in [7, 11) is -5.74. The van der Waals surface area contributed by atoms with Crippen LogP contribution in [-0.4, -0.2) is 74.4 Å². The lowest BCUT2D eigenvalue weighted by Crippen LogP contribution is -2.49. The minimum Gasteiger partial charge on any atom is -0.444 e. The molecule has 2 heterocycles. The van der Waals surface area contributed by atoms with Crippen LogP contribution in [0.5, 0.6) is 0 Å². The van der Waals surface area contributed by atoms with Crippen LogP contribution in [0, 0.1) is 6.92 Å². The minimum atomic E-state index is -4.93. The van der Waals surface area contributed by atoms with Crippen molar-refractivity contribution in [1.82, 2.24) is 9.80 Å². The first-order valence-electron chi connectivity index (χ1n) is 11.5. The average Bonchev–Trinajstić information content (AvgIpc) is 2.88. The first-order valence-corrected chi connectivity index (χ1v) is 12.9. The number of amides is 1. The molecule has 34 heavy (non-hydrogen) atoms. The van der Waals surface area contributed by atoms with Gasteiger partial charge in [-0.05, 0) is 84.1 Å². The lowest BCUT2D eigenvalue weighted by atomic mass is 9.75. The number of piperazine rings is 1. The monoisotopic (exact) mass is 498 g/mol. The Labute approximate surface area is 203 Å². The molecule has 2 aliphatic heterocycles. The van der Waals surface area contributed by atoms with Crippen LogP contribution >= 0.6 is 0 Å². The number of halogens is 1. The van der Waals surface area contributed by atoms with Gasteiger partial charge < -0.3 is 18.9 Å².